The summed E-state index contributed by atoms with van der Waals surface area (Å²) >= 11 is 0. The minimum absolute atomic E-state index is 0.178. The second-order valence-electron chi connectivity index (χ2n) is 4.81. The Morgan fingerprint density at radius 2 is 2.11 bits per heavy atom. The van der Waals surface area contributed by atoms with E-state index in [-0.39, 0.29) is 18.2 Å². The molecular weight excluding hydrogens is 245 g/mol. The van der Waals surface area contributed by atoms with Gasteiger partial charge in [-0.15, -0.1) is 0 Å². The summed E-state index contributed by atoms with van der Waals surface area (Å²) in [5.41, 5.74) is 0.736. The minimum Gasteiger partial charge on any atom is -0.466 e. The molecule has 19 heavy (non-hydrogen) atoms. The Morgan fingerprint density at radius 3 is 2.63 bits per heavy atom. The van der Waals surface area contributed by atoms with Crippen LogP contribution in [0.1, 0.15) is 38.3 Å². The Kier molecular flexibility index (Phi) is 5.48. The number of halogens is 1. The van der Waals surface area contributed by atoms with Crippen LogP contribution in [0.4, 0.5) is 4.39 Å². The molecule has 3 nitrogen and oxygen atoms in total. The molecular formula is C15H22FNO2. The number of hydrogen-bond acceptors (Lipinski definition) is 3. The topological polar surface area (TPSA) is 38.3 Å². The molecule has 0 spiro atoms. The molecule has 0 bridgehead atoms. The molecule has 0 saturated carbocycles. The standard InChI is InChI=1S/C15H22FNO2/c1-5-17-15(4,10-14(18)19-6-2)12-8-7-11(3)13(16)9-12/h7-9,17H,5-6,10H2,1-4H3. The number of ether oxygens (including phenoxy) is 1. The third kappa shape index (κ3) is 4.03. The van der Waals surface area contributed by atoms with Crippen LogP contribution in [0, 0.1) is 12.7 Å². The SMILES string of the molecule is CCNC(C)(CC(=O)OCC)c1ccc(C)c(F)c1. The van der Waals surface area contributed by atoms with Gasteiger partial charge < -0.3 is 10.1 Å². The molecule has 0 amide bonds. The maximum atomic E-state index is 13.7. The summed E-state index contributed by atoms with van der Waals surface area (Å²) in [5, 5.41) is 3.24. The lowest BCUT2D eigenvalue weighted by Crippen LogP contribution is -2.41. The first-order chi connectivity index (χ1) is 8.92. The van der Waals surface area contributed by atoms with Crippen molar-refractivity contribution in [3.8, 4) is 0 Å². The third-order valence-electron chi connectivity index (χ3n) is 3.18. The van der Waals surface area contributed by atoms with E-state index in [0.29, 0.717) is 18.7 Å². The summed E-state index contributed by atoms with van der Waals surface area (Å²) in [6.45, 7) is 8.36. The smallest absolute Gasteiger partial charge is 0.307 e. The van der Waals surface area contributed by atoms with Gasteiger partial charge in [0.25, 0.3) is 0 Å². The molecule has 1 aromatic carbocycles. The molecule has 1 rings (SSSR count). The van der Waals surface area contributed by atoms with Crippen LogP contribution in [0.3, 0.4) is 0 Å². The molecule has 0 aliphatic rings. The fourth-order valence-electron chi connectivity index (χ4n) is 2.09. The summed E-state index contributed by atoms with van der Waals surface area (Å²) in [6.07, 6.45) is 0.178. The molecule has 106 valence electrons. The van der Waals surface area contributed by atoms with Crippen LogP contribution in [0.5, 0.6) is 0 Å². The van der Waals surface area contributed by atoms with Gasteiger partial charge in [-0.25, -0.2) is 4.39 Å². The summed E-state index contributed by atoms with van der Waals surface area (Å²) in [4.78, 5) is 11.7. The van der Waals surface area contributed by atoms with Crippen molar-refractivity contribution in [3.05, 3.63) is 35.1 Å². The van der Waals surface area contributed by atoms with E-state index in [9.17, 15) is 9.18 Å². The monoisotopic (exact) mass is 267 g/mol. The Labute approximate surface area is 114 Å². The molecule has 0 aliphatic heterocycles. The fraction of sp³-hybridized carbons (Fsp3) is 0.533. The molecule has 1 atom stereocenters. The Bertz CT molecular complexity index is 448. The molecule has 1 aromatic rings. The lowest BCUT2D eigenvalue weighted by Gasteiger charge is -2.30. The highest BCUT2D eigenvalue weighted by Gasteiger charge is 2.29. The lowest BCUT2D eigenvalue weighted by atomic mass is 9.88. The number of hydrogen-bond donors (Lipinski definition) is 1. The number of carbonyl (C=O) groups excluding carboxylic acids is 1. The van der Waals surface area contributed by atoms with E-state index in [1.807, 2.05) is 19.9 Å². The van der Waals surface area contributed by atoms with Gasteiger partial charge in [-0.3, -0.25) is 4.79 Å². The minimum atomic E-state index is -0.616. The average Bonchev–Trinajstić information content (AvgIpc) is 2.33. The van der Waals surface area contributed by atoms with Crippen molar-refractivity contribution < 1.29 is 13.9 Å². The highest BCUT2D eigenvalue weighted by molar-refractivity contribution is 5.71. The zero-order valence-corrected chi connectivity index (χ0v) is 12.0. The summed E-state index contributed by atoms with van der Waals surface area (Å²) in [6, 6.07) is 5.06. The zero-order valence-electron chi connectivity index (χ0n) is 12.0. The van der Waals surface area contributed by atoms with Crippen LogP contribution >= 0.6 is 0 Å². The van der Waals surface area contributed by atoms with Crippen molar-refractivity contribution in [1.29, 1.82) is 0 Å². The number of carbonyl (C=O) groups is 1. The van der Waals surface area contributed by atoms with E-state index >= 15 is 0 Å². The van der Waals surface area contributed by atoms with E-state index in [4.69, 9.17) is 4.74 Å². The van der Waals surface area contributed by atoms with Crippen LogP contribution in [0.2, 0.25) is 0 Å². The summed E-state index contributed by atoms with van der Waals surface area (Å²) in [7, 11) is 0. The summed E-state index contributed by atoms with van der Waals surface area (Å²) < 4.78 is 18.7. The van der Waals surface area contributed by atoms with E-state index in [1.165, 1.54) is 6.07 Å². The van der Waals surface area contributed by atoms with Crippen molar-refractivity contribution >= 4 is 5.97 Å². The van der Waals surface area contributed by atoms with E-state index < -0.39 is 5.54 Å². The van der Waals surface area contributed by atoms with E-state index in [0.717, 1.165) is 5.56 Å². The Balaban J connectivity index is 3.02. The number of nitrogens with one attached hydrogen (secondary N) is 1. The fourth-order valence-corrected chi connectivity index (χ4v) is 2.09. The van der Waals surface area contributed by atoms with Crippen molar-refractivity contribution in [2.24, 2.45) is 0 Å². The number of esters is 1. The van der Waals surface area contributed by atoms with Crippen LogP contribution in [-0.4, -0.2) is 19.1 Å². The highest BCUT2D eigenvalue weighted by atomic mass is 19.1. The van der Waals surface area contributed by atoms with Crippen LogP contribution in [-0.2, 0) is 15.1 Å². The second-order valence-corrected chi connectivity index (χ2v) is 4.81. The third-order valence-corrected chi connectivity index (χ3v) is 3.18. The molecule has 0 aliphatic carbocycles. The Morgan fingerprint density at radius 1 is 1.42 bits per heavy atom. The number of aryl methyl sites for hydroxylation is 1. The maximum absolute atomic E-state index is 13.7. The lowest BCUT2D eigenvalue weighted by molar-refractivity contribution is -0.144. The largest absolute Gasteiger partial charge is 0.466 e. The first kappa shape index (κ1) is 15.6. The average molecular weight is 267 g/mol. The molecule has 0 aromatic heterocycles. The van der Waals surface area contributed by atoms with E-state index in [1.54, 1.807) is 19.9 Å². The highest BCUT2D eigenvalue weighted by Crippen LogP contribution is 2.26. The molecule has 4 heteroatoms. The van der Waals surface area contributed by atoms with Crippen molar-refractivity contribution in [3.63, 3.8) is 0 Å². The van der Waals surface area contributed by atoms with Gasteiger partial charge in [0.05, 0.1) is 18.6 Å². The first-order valence-electron chi connectivity index (χ1n) is 6.60. The quantitative estimate of drug-likeness (QED) is 0.805. The zero-order chi connectivity index (χ0) is 14.5. The molecule has 1 unspecified atom stereocenters. The summed E-state index contributed by atoms with van der Waals surface area (Å²) in [5.74, 6) is -0.544. The van der Waals surface area contributed by atoms with Gasteiger partial charge in [0, 0.05) is 0 Å². The second kappa shape index (κ2) is 6.66. The van der Waals surface area contributed by atoms with Gasteiger partial charge in [-0.2, -0.15) is 0 Å². The molecule has 0 saturated heterocycles. The van der Waals surface area contributed by atoms with Gasteiger partial charge in [0.2, 0.25) is 0 Å². The van der Waals surface area contributed by atoms with Gasteiger partial charge in [-0.05, 0) is 44.5 Å². The van der Waals surface area contributed by atoms with Crippen molar-refractivity contribution in [2.45, 2.75) is 39.7 Å². The van der Waals surface area contributed by atoms with Crippen LogP contribution in [0.25, 0.3) is 0 Å². The predicted octanol–water partition coefficient (Wildman–Crippen LogP) is 2.91. The molecule has 0 fully saturated rings. The molecule has 1 N–H and O–H groups in total. The van der Waals surface area contributed by atoms with Crippen LogP contribution in [0.15, 0.2) is 18.2 Å². The van der Waals surface area contributed by atoms with Crippen molar-refractivity contribution in [2.75, 3.05) is 13.2 Å². The van der Waals surface area contributed by atoms with Gasteiger partial charge in [0.15, 0.2) is 0 Å². The van der Waals surface area contributed by atoms with Crippen molar-refractivity contribution in [1.82, 2.24) is 5.32 Å². The normalized spacial score (nSPS) is 13.9. The van der Waals surface area contributed by atoms with E-state index in [2.05, 4.69) is 5.32 Å². The maximum Gasteiger partial charge on any atom is 0.307 e. The first-order valence-corrected chi connectivity index (χ1v) is 6.60. The Hall–Kier alpha value is -1.42. The van der Waals surface area contributed by atoms with Gasteiger partial charge in [-0.1, -0.05) is 19.1 Å². The predicted molar refractivity (Wildman–Crippen MR) is 73.4 cm³/mol. The van der Waals surface area contributed by atoms with Gasteiger partial charge in [0.1, 0.15) is 5.82 Å². The number of rotatable bonds is 6. The number of benzene rings is 1. The molecule has 0 heterocycles. The van der Waals surface area contributed by atoms with Crippen LogP contribution < -0.4 is 5.32 Å². The molecule has 0 radical (unpaired) electrons. The van der Waals surface area contributed by atoms with Gasteiger partial charge >= 0.3 is 5.97 Å².